The second-order valence-corrected chi connectivity index (χ2v) is 4.15. The van der Waals surface area contributed by atoms with Gasteiger partial charge in [-0.1, -0.05) is 31.9 Å². The summed E-state index contributed by atoms with van der Waals surface area (Å²) in [5.74, 6) is 1.72. The second kappa shape index (κ2) is 4.66. The van der Waals surface area contributed by atoms with Crippen LogP contribution in [-0.2, 0) is 0 Å². The summed E-state index contributed by atoms with van der Waals surface area (Å²) in [5, 5.41) is 0. The molecule has 1 heteroatoms. The van der Waals surface area contributed by atoms with Gasteiger partial charge in [0.25, 0.3) is 0 Å². The van der Waals surface area contributed by atoms with E-state index < -0.39 is 0 Å². The van der Waals surface area contributed by atoms with Gasteiger partial charge in [0, 0.05) is 0 Å². The molecule has 0 unspecified atom stereocenters. The molecule has 0 amide bonds. The van der Waals surface area contributed by atoms with Crippen LogP contribution in [0, 0.1) is 11.8 Å². The van der Waals surface area contributed by atoms with Crippen LogP contribution in [0.4, 0.5) is 0 Å². The SMILES string of the molecule is C=C(CCN)C1CCC(C)CC1. The van der Waals surface area contributed by atoms with Crippen molar-refractivity contribution >= 4 is 0 Å². The van der Waals surface area contributed by atoms with E-state index in [-0.39, 0.29) is 0 Å². The Morgan fingerprint density at radius 1 is 1.33 bits per heavy atom. The predicted molar refractivity (Wildman–Crippen MR) is 53.9 cm³/mol. The van der Waals surface area contributed by atoms with Gasteiger partial charge in [-0.2, -0.15) is 0 Å². The van der Waals surface area contributed by atoms with Crippen LogP contribution in [0.15, 0.2) is 12.2 Å². The number of nitrogens with two attached hydrogens (primary N) is 1. The van der Waals surface area contributed by atoms with Gasteiger partial charge in [0.05, 0.1) is 0 Å². The van der Waals surface area contributed by atoms with E-state index in [2.05, 4.69) is 13.5 Å². The molecule has 0 heterocycles. The first-order valence-corrected chi connectivity index (χ1v) is 5.11. The lowest BCUT2D eigenvalue weighted by Crippen LogP contribution is -2.15. The third kappa shape index (κ3) is 2.63. The minimum absolute atomic E-state index is 0.769. The molecule has 1 fully saturated rings. The van der Waals surface area contributed by atoms with Crippen LogP contribution in [0.5, 0.6) is 0 Å². The quantitative estimate of drug-likeness (QED) is 0.643. The minimum Gasteiger partial charge on any atom is -0.330 e. The summed E-state index contributed by atoms with van der Waals surface area (Å²) < 4.78 is 0. The van der Waals surface area contributed by atoms with E-state index in [4.69, 9.17) is 5.73 Å². The normalized spacial score (nSPS) is 30.2. The van der Waals surface area contributed by atoms with E-state index in [9.17, 15) is 0 Å². The van der Waals surface area contributed by atoms with E-state index in [1.54, 1.807) is 0 Å². The Hall–Kier alpha value is -0.300. The topological polar surface area (TPSA) is 26.0 Å². The van der Waals surface area contributed by atoms with Crippen molar-refractivity contribution < 1.29 is 0 Å². The fraction of sp³-hybridized carbons (Fsp3) is 0.818. The lowest BCUT2D eigenvalue weighted by molar-refractivity contribution is 0.316. The molecule has 1 rings (SSSR count). The van der Waals surface area contributed by atoms with Crippen LogP contribution >= 0.6 is 0 Å². The molecule has 70 valence electrons. The van der Waals surface area contributed by atoms with Gasteiger partial charge in [-0.15, -0.1) is 0 Å². The Balaban J connectivity index is 2.29. The van der Waals surface area contributed by atoms with Gasteiger partial charge >= 0.3 is 0 Å². The maximum absolute atomic E-state index is 5.50. The summed E-state index contributed by atoms with van der Waals surface area (Å²) in [6.07, 6.45) is 6.49. The zero-order valence-electron chi connectivity index (χ0n) is 8.18. The summed E-state index contributed by atoms with van der Waals surface area (Å²) in [5.41, 5.74) is 6.90. The van der Waals surface area contributed by atoms with Crippen molar-refractivity contribution in [3.8, 4) is 0 Å². The van der Waals surface area contributed by atoms with Crippen molar-refractivity contribution in [1.82, 2.24) is 0 Å². The fourth-order valence-electron chi connectivity index (χ4n) is 2.06. The van der Waals surface area contributed by atoms with Crippen molar-refractivity contribution in [2.75, 3.05) is 6.54 Å². The van der Waals surface area contributed by atoms with E-state index in [1.807, 2.05) is 0 Å². The lowest BCUT2D eigenvalue weighted by atomic mass is 9.79. The van der Waals surface area contributed by atoms with Crippen LogP contribution < -0.4 is 5.73 Å². The standard InChI is InChI=1S/C11H21N/c1-9-3-5-11(6-4-9)10(2)7-8-12/h9,11H,2-8,12H2,1H3. The third-order valence-corrected chi connectivity index (χ3v) is 3.06. The summed E-state index contributed by atoms with van der Waals surface area (Å²) in [4.78, 5) is 0. The summed E-state index contributed by atoms with van der Waals surface area (Å²) in [6.45, 7) is 7.23. The molecule has 0 atom stereocenters. The largest absolute Gasteiger partial charge is 0.330 e. The Morgan fingerprint density at radius 2 is 1.92 bits per heavy atom. The van der Waals surface area contributed by atoms with Gasteiger partial charge in [-0.3, -0.25) is 0 Å². The van der Waals surface area contributed by atoms with Crippen molar-refractivity contribution in [2.24, 2.45) is 17.6 Å². The van der Waals surface area contributed by atoms with Gasteiger partial charge in [0.1, 0.15) is 0 Å². The zero-order valence-corrected chi connectivity index (χ0v) is 8.18. The molecule has 0 aromatic heterocycles. The highest BCUT2D eigenvalue weighted by molar-refractivity contribution is 5.02. The number of hydrogen-bond donors (Lipinski definition) is 1. The first kappa shape index (κ1) is 9.79. The molecule has 1 aliphatic rings. The third-order valence-electron chi connectivity index (χ3n) is 3.06. The van der Waals surface area contributed by atoms with Gasteiger partial charge in [0.2, 0.25) is 0 Å². The molecule has 0 aliphatic heterocycles. The van der Waals surface area contributed by atoms with Crippen LogP contribution in [-0.4, -0.2) is 6.54 Å². The van der Waals surface area contributed by atoms with E-state index in [0.29, 0.717) is 0 Å². The van der Waals surface area contributed by atoms with E-state index in [1.165, 1.54) is 31.3 Å². The molecule has 0 bridgehead atoms. The molecule has 0 aromatic carbocycles. The maximum Gasteiger partial charge on any atom is -0.00399 e. The van der Waals surface area contributed by atoms with Crippen LogP contribution in [0.1, 0.15) is 39.0 Å². The zero-order chi connectivity index (χ0) is 8.97. The highest BCUT2D eigenvalue weighted by atomic mass is 14.5. The Kier molecular flexibility index (Phi) is 3.80. The van der Waals surface area contributed by atoms with Crippen LogP contribution in [0.3, 0.4) is 0 Å². The van der Waals surface area contributed by atoms with Gasteiger partial charge < -0.3 is 5.73 Å². The Bertz CT molecular complexity index is 143. The maximum atomic E-state index is 5.50. The smallest absolute Gasteiger partial charge is 0.00399 e. The molecule has 0 radical (unpaired) electrons. The average Bonchev–Trinajstić information content (AvgIpc) is 2.06. The molecule has 12 heavy (non-hydrogen) atoms. The Morgan fingerprint density at radius 3 is 2.42 bits per heavy atom. The molecule has 1 aliphatic carbocycles. The molecule has 0 spiro atoms. The fourth-order valence-corrected chi connectivity index (χ4v) is 2.06. The summed E-state index contributed by atoms with van der Waals surface area (Å²) in [7, 11) is 0. The molecule has 1 nitrogen and oxygen atoms in total. The van der Waals surface area contributed by atoms with Gasteiger partial charge in [-0.05, 0) is 37.6 Å². The highest BCUT2D eigenvalue weighted by Gasteiger charge is 2.19. The van der Waals surface area contributed by atoms with Crippen LogP contribution in [0.25, 0.3) is 0 Å². The van der Waals surface area contributed by atoms with E-state index in [0.717, 1.165) is 24.8 Å². The van der Waals surface area contributed by atoms with Crippen molar-refractivity contribution in [1.29, 1.82) is 0 Å². The van der Waals surface area contributed by atoms with Gasteiger partial charge in [-0.25, -0.2) is 0 Å². The summed E-state index contributed by atoms with van der Waals surface area (Å²) in [6, 6.07) is 0. The molecule has 0 saturated heterocycles. The molecular formula is C11H21N. The van der Waals surface area contributed by atoms with Crippen LogP contribution in [0.2, 0.25) is 0 Å². The second-order valence-electron chi connectivity index (χ2n) is 4.15. The molecular weight excluding hydrogens is 146 g/mol. The number of hydrogen-bond acceptors (Lipinski definition) is 1. The van der Waals surface area contributed by atoms with Gasteiger partial charge in [0.15, 0.2) is 0 Å². The minimum atomic E-state index is 0.769. The Labute approximate surface area is 76.0 Å². The average molecular weight is 167 g/mol. The first-order chi connectivity index (χ1) is 5.74. The summed E-state index contributed by atoms with van der Waals surface area (Å²) >= 11 is 0. The van der Waals surface area contributed by atoms with Crippen molar-refractivity contribution in [3.05, 3.63) is 12.2 Å². The van der Waals surface area contributed by atoms with E-state index >= 15 is 0 Å². The monoisotopic (exact) mass is 167 g/mol. The first-order valence-electron chi connectivity index (χ1n) is 5.11. The highest BCUT2D eigenvalue weighted by Crippen LogP contribution is 2.33. The number of rotatable bonds is 3. The lowest BCUT2D eigenvalue weighted by Gasteiger charge is -2.27. The predicted octanol–water partition coefficient (Wildman–Crippen LogP) is 2.72. The molecule has 2 N–H and O–H groups in total. The molecule has 1 saturated carbocycles. The van der Waals surface area contributed by atoms with Crippen molar-refractivity contribution in [2.45, 2.75) is 39.0 Å². The molecule has 0 aromatic rings. The van der Waals surface area contributed by atoms with Crippen molar-refractivity contribution in [3.63, 3.8) is 0 Å².